The number of hydrogen-bond donors (Lipinski definition) is 0. The summed E-state index contributed by atoms with van der Waals surface area (Å²) in [6.07, 6.45) is 2.56. The highest BCUT2D eigenvalue weighted by atomic mass is 35.5. The second kappa shape index (κ2) is 6.67. The molecule has 0 N–H and O–H groups in total. The van der Waals surface area contributed by atoms with Crippen LogP contribution >= 0.6 is 11.6 Å². The number of benzene rings is 1. The molecule has 1 fully saturated rings. The fraction of sp³-hybridized carbons (Fsp3) is 0.625. The molecular weight excluding hydrogens is 306 g/mol. The Hall–Kier alpha value is -0.580. The summed E-state index contributed by atoms with van der Waals surface area (Å²) in [6, 6.07) is 5.60. The topological polar surface area (TPSA) is 37.4 Å². The Morgan fingerprint density at radius 2 is 2.05 bits per heavy atom. The van der Waals surface area contributed by atoms with Gasteiger partial charge in [0, 0.05) is 18.5 Å². The van der Waals surface area contributed by atoms with Crippen LogP contribution in [0.5, 0.6) is 0 Å². The van der Waals surface area contributed by atoms with E-state index in [9.17, 15) is 8.42 Å². The van der Waals surface area contributed by atoms with Crippen molar-refractivity contribution >= 4 is 21.6 Å². The predicted octanol–water partition coefficient (Wildman–Crippen LogP) is 3.80. The SMILES string of the molecule is CCc1ccc(CCl)cc1S(=O)(=O)N1CCC(C)CC1C. The first-order chi connectivity index (χ1) is 9.90. The number of hydrogen-bond acceptors (Lipinski definition) is 2. The number of aryl methyl sites for hydroxylation is 1. The third kappa shape index (κ3) is 3.43. The highest BCUT2D eigenvalue weighted by molar-refractivity contribution is 7.89. The first-order valence-electron chi connectivity index (χ1n) is 7.59. The maximum absolute atomic E-state index is 13.0. The van der Waals surface area contributed by atoms with E-state index in [4.69, 9.17) is 11.6 Å². The average Bonchev–Trinajstić information content (AvgIpc) is 2.46. The Morgan fingerprint density at radius 1 is 1.33 bits per heavy atom. The molecule has 0 spiro atoms. The molecule has 21 heavy (non-hydrogen) atoms. The molecule has 2 unspecified atom stereocenters. The molecule has 0 aromatic heterocycles. The van der Waals surface area contributed by atoms with Crippen LogP contribution in [-0.2, 0) is 22.3 Å². The van der Waals surface area contributed by atoms with Gasteiger partial charge in [-0.15, -0.1) is 11.6 Å². The van der Waals surface area contributed by atoms with Gasteiger partial charge in [0.25, 0.3) is 0 Å². The molecular formula is C16H24ClNO2S. The summed E-state index contributed by atoms with van der Waals surface area (Å²) in [5.74, 6) is 0.922. The van der Waals surface area contributed by atoms with Gasteiger partial charge < -0.3 is 0 Å². The van der Waals surface area contributed by atoms with E-state index in [1.54, 1.807) is 10.4 Å². The molecule has 2 rings (SSSR count). The molecule has 1 aliphatic heterocycles. The molecule has 1 aromatic rings. The fourth-order valence-corrected chi connectivity index (χ4v) is 5.25. The van der Waals surface area contributed by atoms with E-state index in [0.717, 1.165) is 24.0 Å². The molecule has 0 radical (unpaired) electrons. The van der Waals surface area contributed by atoms with Crippen LogP contribution < -0.4 is 0 Å². The van der Waals surface area contributed by atoms with Crippen molar-refractivity contribution in [2.45, 2.75) is 56.9 Å². The van der Waals surface area contributed by atoms with Crippen LogP contribution in [0, 0.1) is 5.92 Å². The second-order valence-corrected chi connectivity index (χ2v) is 8.15. The monoisotopic (exact) mass is 329 g/mol. The minimum atomic E-state index is -3.44. The average molecular weight is 330 g/mol. The van der Waals surface area contributed by atoms with E-state index < -0.39 is 10.0 Å². The minimum absolute atomic E-state index is 0.0584. The highest BCUT2D eigenvalue weighted by Gasteiger charge is 2.34. The predicted molar refractivity (Wildman–Crippen MR) is 87.1 cm³/mol. The van der Waals surface area contributed by atoms with E-state index >= 15 is 0 Å². The molecule has 0 saturated carbocycles. The van der Waals surface area contributed by atoms with Crippen molar-refractivity contribution in [1.29, 1.82) is 0 Å². The summed E-state index contributed by atoms with van der Waals surface area (Å²) in [5, 5.41) is 0. The molecule has 118 valence electrons. The third-order valence-corrected chi connectivity index (χ3v) is 6.74. The molecule has 1 aromatic carbocycles. The van der Waals surface area contributed by atoms with Crippen molar-refractivity contribution in [3.63, 3.8) is 0 Å². The van der Waals surface area contributed by atoms with Crippen molar-refractivity contribution in [1.82, 2.24) is 4.31 Å². The van der Waals surface area contributed by atoms with Crippen molar-refractivity contribution in [2.75, 3.05) is 6.54 Å². The van der Waals surface area contributed by atoms with E-state index in [-0.39, 0.29) is 6.04 Å². The molecule has 0 amide bonds. The lowest BCUT2D eigenvalue weighted by Gasteiger charge is -2.35. The Labute approximate surface area is 133 Å². The molecule has 3 nitrogen and oxygen atoms in total. The summed E-state index contributed by atoms with van der Waals surface area (Å²) < 4.78 is 27.7. The number of alkyl halides is 1. The van der Waals surface area contributed by atoms with Gasteiger partial charge in [-0.2, -0.15) is 4.31 Å². The first kappa shape index (κ1) is 16.8. The maximum atomic E-state index is 13.0. The second-order valence-electron chi connectivity index (χ2n) is 6.02. The maximum Gasteiger partial charge on any atom is 0.243 e. The van der Waals surface area contributed by atoms with Crippen molar-refractivity contribution in [3.05, 3.63) is 29.3 Å². The molecule has 1 aliphatic rings. The normalized spacial score (nSPS) is 24.2. The van der Waals surface area contributed by atoms with Gasteiger partial charge in [-0.05, 0) is 49.3 Å². The minimum Gasteiger partial charge on any atom is -0.207 e. The van der Waals surface area contributed by atoms with Gasteiger partial charge in [-0.25, -0.2) is 8.42 Å². The van der Waals surface area contributed by atoms with Crippen LogP contribution in [0.15, 0.2) is 23.1 Å². The standard InChI is InChI=1S/C16H24ClNO2S/c1-4-15-6-5-14(11-17)10-16(15)21(19,20)18-8-7-12(2)9-13(18)3/h5-6,10,12-13H,4,7-9,11H2,1-3H3. The lowest BCUT2D eigenvalue weighted by molar-refractivity contribution is 0.220. The van der Waals surface area contributed by atoms with Gasteiger partial charge in [-0.1, -0.05) is 26.0 Å². The summed E-state index contributed by atoms with van der Waals surface area (Å²) >= 11 is 5.87. The van der Waals surface area contributed by atoms with Crippen molar-refractivity contribution < 1.29 is 8.42 Å². The molecule has 0 aliphatic carbocycles. The van der Waals surface area contributed by atoms with E-state index in [1.807, 2.05) is 26.0 Å². The summed E-state index contributed by atoms with van der Waals surface area (Å²) in [7, 11) is -3.44. The Balaban J connectivity index is 2.43. The molecule has 2 atom stereocenters. The van der Waals surface area contributed by atoms with Gasteiger partial charge in [-0.3, -0.25) is 0 Å². The quantitative estimate of drug-likeness (QED) is 0.788. The first-order valence-corrected chi connectivity index (χ1v) is 9.57. The van der Waals surface area contributed by atoms with Crippen molar-refractivity contribution in [2.24, 2.45) is 5.92 Å². The van der Waals surface area contributed by atoms with Crippen LogP contribution in [0.25, 0.3) is 0 Å². The molecule has 5 heteroatoms. The summed E-state index contributed by atoms with van der Waals surface area (Å²) in [4.78, 5) is 0.435. The highest BCUT2D eigenvalue weighted by Crippen LogP contribution is 2.30. The van der Waals surface area contributed by atoms with E-state index in [2.05, 4.69) is 6.92 Å². The number of rotatable bonds is 4. The Kier molecular flexibility index (Phi) is 5.33. The van der Waals surface area contributed by atoms with Gasteiger partial charge in [0.1, 0.15) is 0 Å². The zero-order valence-corrected chi connectivity index (χ0v) is 14.5. The molecule has 0 bridgehead atoms. The van der Waals surface area contributed by atoms with Gasteiger partial charge in [0.15, 0.2) is 0 Å². The lowest BCUT2D eigenvalue weighted by Crippen LogP contribution is -2.44. The van der Waals surface area contributed by atoms with Gasteiger partial charge in [0.05, 0.1) is 4.90 Å². The summed E-state index contributed by atoms with van der Waals surface area (Å²) in [5.41, 5.74) is 1.72. The van der Waals surface area contributed by atoms with Gasteiger partial charge >= 0.3 is 0 Å². The zero-order valence-electron chi connectivity index (χ0n) is 13.0. The Morgan fingerprint density at radius 3 is 2.62 bits per heavy atom. The molecule has 1 heterocycles. The third-order valence-electron chi connectivity index (χ3n) is 4.33. The fourth-order valence-electron chi connectivity index (χ4n) is 3.08. The van der Waals surface area contributed by atoms with E-state index in [1.165, 1.54) is 0 Å². The van der Waals surface area contributed by atoms with Crippen LogP contribution in [-0.4, -0.2) is 25.3 Å². The van der Waals surface area contributed by atoms with Gasteiger partial charge in [0.2, 0.25) is 10.0 Å². The Bertz CT molecular complexity index is 600. The largest absolute Gasteiger partial charge is 0.243 e. The lowest BCUT2D eigenvalue weighted by atomic mass is 9.95. The number of nitrogens with zero attached hydrogens (tertiary/aromatic N) is 1. The van der Waals surface area contributed by atoms with Crippen molar-refractivity contribution in [3.8, 4) is 0 Å². The zero-order chi connectivity index (χ0) is 15.6. The van der Waals surface area contributed by atoms with Crippen LogP contribution in [0.1, 0.15) is 44.7 Å². The van der Waals surface area contributed by atoms with Crippen LogP contribution in [0.3, 0.4) is 0 Å². The smallest absolute Gasteiger partial charge is 0.207 e. The molecule has 1 saturated heterocycles. The number of piperidine rings is 1. The summed E-state index contributed by atoms with van der Waals surface area (Å²) in [6.45, 7) is 6.78. The van der Waals surface area contributed by atoms with E-state index in [0.29, 0.717) is 29.7 Å². The van der Waals surface area contributed by atoms with Crippen LogP contribution in [0.4, 0.5) is 0 Å². The number of halogens is 1. The van der Waals surface area contributed by atoms with Crippen LogP contribution in [0.2, 0.25) is 0 Å². The number of sulfonamides is 1.